The predicted octanol–water partition coefficient (Wildman–Crippen LogP) is 6.17. The van der Waals surface area contributed by atoms with Crippen molar-refractivity contribution in [1.82, 2.24) is 15.2 Å². The first-order valence-corrected chi connectivity index (χ1v) is 10.9. The normalized spacial score (nSPS) is 11.5. The van der Waals surface area contributed by atoms with Gasteiger partial charge < -0.3 is 0 Å². The maximum atomic E-state index is 13.5. The second-order valence-electron chi connectivity index (χ2n) is 7.28. The van der Waals surface area contributed by atoms with Crippen molar-refractivity contribution in [2.24, 2.45) is 0 Å². The Hall–Kier alpha value is -3.54. The average Bonchev–Trinajstić information content (AvgIpc) is 3.23. The molecule has 2 aromatic carbocycles. The summed E-state index contributed by atoms with van der Waals surface area (Å²) in [5.41, 5.74) is 1.57. The fourth-order valence-corrected chi connectivity index (χ4v) is 3.79. The number of carbonyl (C=O) groups is 1. The molecule has 0 aliphatic carbocycles. The number of benzene rings is 2. The number of nitrogens with zero attached hydrogens (tertiary/aromatic N) is 4. The summed E-state index contributed by atoms with van der Waals surface area (Å²) in [5.74, 6) is -0.214. The number of carbonyl (C=O) groups excluding carboxylic acids is 1. The molecule has 0 spiro atoms. The van der Waals surface area contributed by atoms with E-state index in [0.717, 1.165) is 17.6 Å². The lowest BCUT2D eigenvalue weighted by Gasteiger charge is -2.24. The number of pyridine rings is 1. The highest BCUT2D eigenvalue weighted by Crippen LogP contribution is 2.37. The number of para-hydroxylation sites is 1. The molecule has 13 heteroatoms. The van der Waals surface area contributed by atoms with Gasteiger partial charge in [0.25, 0.3) is 5.91 Å². The van der Waals surface area contributed by atoms with Gasteiger partial charge in [-0.2, -0.15) is 23.4 Å². The average molecular weight is 525 g/mol. The molecule has 4 aromatic rings. The van der Waals surface area contributed by atoms with Crippen LogP contribution in [-0.4, -0.2) is 32.8 Å². The summed E-state index contributed by atoms with van der Waals surface area (Å²) >= 11 is 11.7. The van der Waals surface area contributed by atoms with Gasteiger partial charge in [-0.15, -0.1) is 0 Å². The molecule has 0 bridgehead atoms. The first kappa shape index (κ1) is 24.6. The zero-order valence-electron chi connectivity index (χ0n) is 17.9. The Labute approximate surface area is 206 Å². The van der Waals surface area contributed by atoms with Gasteiger partial charge in [-0.25, -0.2) is 4.98 Å². The van der Waals surface area contributed by atoms with Crippen LogP contribution in [0, 0.1) is 0 Å². The van der Waals surface area contributed by atoms with E-state index in [-0.39, 0.29) is 28.6 Å². The van der Waals surface area contributed by atoms with Crippen molar-refractivity contribution in [3.8, 4) is 0 Å². The highest BCUT2D eigenvalue weighted by molar-refractivity contribution is 6.31. The molecule has 1 amide bonds. The number of hydrazine groups is 1. The molecule has 0 aliphatic rings. The van der Waals surface area contributed by atoms with Gasteiger partial charge >= 0.3 is 6.18 Å². The standard InChI is InChI=1S/C22H17Cl2F3N6O2/c1-2-32(20-14-5-3-4-6-17(14)29-30-20)21(34)19-18(9-12(23)11-28-19)31-33(35)13-7-8-16(24)15(10-13)22(25,26)27/h3-11,31,35H,2H2,1H3,(H,29,30). The maximum absolute atomic E-state index is 13.5. The monoisotopic (exact) mass is 524 g/mol. The van der Waals surface area contributed by atoms with Crippen LogP contribution in [0.3, 0.4) is 0 Å². The predicted molar refractivity (Wildman–Crippen MR) is 127 cm³/mol. The smallest absolute Gasteiger partial charge is 0.290 e. The van der Waals surface area contributed by atoms with Gasteiger partial charge in [-0.3, -0.25) is 25.4 Å². The molecule has 0 saturated heterocycles. The van der Waals surface area contributed by atoms with Crippen LogP contribution in [-0.2, 0) is 6.18 Å². The number of halogens is 5. The number of alkyl halides is 3. The van der Waals surface area contributed by atoms with Crippen LogP contribution in [0.1, 0.15) is 23.0 Å². The number of fused-ring (bicyclic) bond motifs is 1. The van der Waals surface area contributed by atoms with Crippen molar-refractivity contribution < 1.29 is 23.2 Å². The Morgan fingerprint density at radius 1 is 1.17 bits per heavy atom. The first-order chi connectivity index (χ1) is 16.6. The third-order valence-corrected chi connectivity index (χ3v) is 5.59. The molecule has 0 aliphatic heterocycles. The van der Waals surface area contributed by atoms with Crippen LogP contribution in [0.5, 0.6) is 0 Å². The van der Waals surface area contributed by atoms with Gasteiger partial charge in [0.05, 0.1) is 32.5 Å². The van der Waals surface area contributed by atoms with E-state index in [2.05, 4.69) is 20.6 Å². The van der Waals surface area contributed by atoms with Crippen LogP contribution in [0.2, 0.25) is 10.0 Å². The Balaban J connectivity index is 1.68. The zero-order valence-corrected chi connectivity index (χ0v) is 19.4. The van der Waals surface area contributed by atoms with Crippen molar-refractivity contribution in [2.45, 2.75) is 13.1 Å². The minimum Gasteiger partial charge on any atom is -0.290 e. The Kier molecular flexibility index (Phi) is 6.75. The topological polar surface area (TPSA) is 97.4 Å². The number of hydrogen-bond donors (Lipinski definition) is 3. The van der Waals surface area contributed by atoms with Gasteiger partial charge in [-0.05, 0) is 43.3 Å². The van der Waals surface area contributed by atoms with Gasteiger partial charge in [0.15, 0.2) is 11.5 Å². The summed E-state index contributed by atoms with van der Waals surface area (Å²) < 4.78 is 39.7. The third kappa shape index (κ3) is 4.97. The first-order valence-electron chi connectivity index (χ1n) is 10.1. The molecule has 3 N–H and O–H groups in total. The van der Waals surface area contributed by atoms with E-state index in [1.54, 1.807) is 19.1 Å². The van der Waals surface area contributed by atoms with E-state index in [1.807, 2.05) is 12.1 Å². The van der Waals surface area contributed by atoms with Gasteiger partial charge in [0.1, 0.15) is 0 Å². The number of amides is 1. The van der Waals surface area contributed by atoms with E-state index in [0.29, 0.717) is 22.4 Å². The molecule has 0 saturated carbocycles. The molecule has 4 rings (SSSR count). The molecular weight excluding hydrogens is 508 g/mol. The van der Waals surface area contributed by atoms with Gasteiger partial charge in [-0.1, -0.05) is 35.3 Å². The quantitative estimate of drug-likeness (QED) is 0.261. The van der Waals surface area contributed by atoms with E-state index in [4.69, 9.17) is 23.2 Å². The number of hydrogen-bond acceptors (Lipinski definition) is 6. The molecular formula is C22H17Cl2F3N6O2. The fourth-order valence-electron chi connectivity index (χ4n) is 3.41. The minimum absolute atomic E-state index is 0.0493. The van der Waals surface area contributed by atoms with Crippen LogP contribution in [0.25, 0.3) is 10.9 Å². The molecule has 0 unspecified atom stereocenters. The summed E-state index contributed by atoms with van der Waals surface area (Å²) in [5, 5.41) is 18.2. The molecule has 2 aromatic heterocycles. The lowest BCUT2D eigenvalue weighted by Crippen LogP contribution is -2.34. The molecule has 0 radical (unpaired) electrons. The third-order valence-electron chi connectivity index (χ3n) is 5.05. The second-order valence-corrected chi connectivity index (χ2v) is 8.12. The van der Waals surface area contributed by atoms with Crippen molar-refractivity contribution in [1.29, 1.82) is 0 Å². The van der Waals surface area contributed by atoms with Gasteiger partial charge in [0, 0.05) is 18.1 Å². The summed E-state index contributed by atoms with van der Waals surface area (Å²) in [6, 6.07) is 11.4. The second kappa shape index (κ2) is 9.61. The fraction of sp³-hybridized carbons (Fsp3) is 0.136. The molecule has 2 heterocycles. The molecule has 35 heavy (non-hydrogen) atoms. The number of nitrogens with one attached hydrogen (secondary N) is 2. The molecule has 0 fully saturated rings. The van der Waals surface area contributed by atoms with Crippen LogP contribution in [0.4, 0.5) is 30.4 Å². The van der Waals surface area contributed by atoms with Crippen LogP contribution >= 0.6 is 23.2 Å². The zero-order chi connectivity index (χ0) is 25.3. The van der Waals surface area contributed by atoms with E-state index < -0.39 is 22.7 Å². The maximum Gasteiger partial charge on any atom is 0.417 e. The Morgan fingerprint density at radius 2 is 1.91 bits per heavy atom. The van der Waals surface area contributed by atoms with Gasteiger partial charge in [0.2, 0.25) is 0 Å². The Morgan fingerprint density at radius 3 is 2.63 bits per heavy atom. The van der Waals surface area contributed by atoms with E-state index in [1.165, 1.54) is 17.2 Å². The number of aromatic amines is 1. The number of anilines is 3. The number of aromatic nitrogens is 3. The summed E-state index contributed by atoms with van der Waals surface area (Å²) in [4.78, 5) is 18.9. The minimum atomic E-state index is -4.74. The molecule has 0 atom stereocenters. The highest BCUT2D eigenvalue weighted by atomic mass is 35.5. The van der Waals surface area contributed by atoms with Crippen LogP contribution in [0.15, 0.2) is 54.7 Å². The SMILES string of the molecule is CCN(C(=O)c1ncc(Cl)cc1NN(O)c1ccc(Cl)c(C(F)(F)F)c1)c1n[nH]c2ccccc12. The lowest BCUT2D eigenvalue weighted by molar-refractivity contribution is -0.137. The summed E-state index contributed by atoms with van der Waals surface area (Å²) in [6.07, 6.45) is -3.50. The van der Waals surface area contributed by atoms with Crippen LogP contribution < -0.4 is 15.5 Å². The summed E-state index contributed by atoms with van der Waals surface area (Å²) in [6.45, 7) is 1.97. The largest absolute Gasteiger partial charge is 0.417 e. The molecule has 182 valence electrons. The van der Waals surface area contributed by atoms with Crippen molar-refractivity contribution in [3.05, 3.63) is 76.0 Å². The Bertz CT molecular complexity index is 1400. The van der Waals surface area contributed by atoms with Crippen molar-refractivity contribution in [3.63, 3.8) is 0 Å². The summed E-state index contributed by atoms with van der Waals surface area (Å²) in [7, 11) is 0. The van der Waals surface area contributed by atoms with Crippen molar-refractivity contribution >= 4 is 57.2 Å². The van der Waals surface area contributed by atoms with E-state index in [9.17, 15) is 23.2 Å². The number of H-pyrrole nitrogens is 1. The van der Waals surface area contributed by atoms with Crippen molar-refractivity contribution in [2.75, 3.05) is 22.0 Å². The number of rotatable bonds is 6. The van der Waals surface area contributed by atoms with E-state index >= 15 is 0 Å². The lowest BCUT2D eigenvalue weighted by atomic mass is 10.2. The molecule has 8 nitrogen and oxygen atoms in total. The highest BCUT2D eigenvalue weighted by Gasteiger charge is 2.34.